The summed E-state index contributed by atoms with van der Waals surface area (Å²) in [5.74, 6) is -1.95. The van der Waals surface area contributed by atoms with Crippen molar-refractivity contribution in [3.63, 3.8) is 0 Å². The largest absolute Gasteiger partial charge is 0.497 e. The first-order valence-corrected chi connectivity index (χ1v) is 9.58. The Morgan fingerprint density at radius 2 is 2.06 bits per heavy atom. The molecule has 1 atom stereocenters. The average Bonchev–Trinajstić information content (AvgIpc) is 3.09. The minimum absolute atomic E-state index is 0.0178. The molecule has 3 rings (SSSR count). The molecule has 2 aromatic carbocycles. The molecule has 3 N–H and O–H groups in total. The number of benzene rings is 2. The van der Waals surface area contributed by atoms with Crippen molar-refractivity contribution in [3.05, 3.63) is 58.9 Å². The molecule has 0 saturated heterocycles. The summed E-state index contributed by atoms with van der Waals surface area (Å²) in [7, 11) is 2.93. The van der Waals surface area contributed by atoms with E-state index < -0.39 is 29.0 Å². The van der Waals surface area contributed by atoms with E-state index in [0.29, 0.717) is 22.6 Å². The number of nitrogens with zero attached hydrogens (tertiary/aromatic N) is 1. The zero-order valence-corrected chi connectivity index (χ0v) is 17.2. The van der Waals surface area contributed by atoms with E-state index in [9.17, 15) is 18.8 Å². The zero-order valence-electron chi connectivity index (χ0n) is 17.2. The van der Waals surface area contributed by atoms with Gasteiger partial charge in [-0.05, 0) is 36.8 Å². The SMILES string of the molecule is BC(CCC(=O)O)(C(N)=O)N1Cc2c(OCc3cc(OC)ccc3F)cccc2C1=O. The van der Waals surface area contributed by atoms with Gasteiger partial charge >= 0.3 is 5.97 Å². The van der Waals surface area contributed by atoms with Crippen LogP contribution in [-0.2, 0) is 22.7 Å². The summed E-state index contributed by atoms with van der Waals surface area (Å²) in [4.78, 5) is 37.4. The molecule has 0 saturated carbocycles. The minimum Gasteiger partial charge on any atom is -0.497 e. The summed E-state index contributed by atoms with van der Waals surface area (Å²) in [6.07, 6.45) is -0.444. The molecule has 10 heteroatoms. The Bertz CT molecular complexity index is 1050. The molecular formula is C21H22BFN2O6. The third kappa shape index (κ3) is 4.33. The summed E-state index contributed by atoms with van der Waals surface area (Å²) in [6.45, 7) is -0.0796. The maximum absolute atomic E-state index is 14.1. The fourth-order valence-corrected chi connectivity index (χ4v) is 3.52. The lowest BCUT2D eigenvalue weighted by Gasteiger charge is -2.36. The Morgan fingerprint density at radius 1 is 1.32 bits per heavy atom. The molecule has 8 nitrogen and oxygen atoms in total. The van der Waals surface area contributed by atoms with Gasteiger partial charge in [-0.15, -0.1) is 0 Å². The van der Waals surface area contributed by atoms with Crippen LogP contribution in [0.4, 0.5) is 4.39 Å². The zero-order chi connectivity index (χ0) is 22.8. The molecule has 2 aromatic rings. The van der Waals surface area contributed by atoms with Gasteiger partial charge in [0.05, 0.1) is 19.1 Å². The van der Waals surface area contributed by atoms with Gasteiger partial charge in [-0.2, -0.15) is 0 Å². The molecule has 0 aromatic heterocycles. The summed E-state index contributed by atoms with van der Waals surface area (Å²) >= 11 is 0. The second-order valence-corrected chi connectivity index (χ2v) is 7.45. The third-order valence-electron chi connectivity index (χ3n) is 5.51. The molecule has 1 aliphatic rings. The second kappa shape index (κ2) is 8.67. The number of ether oxygens (including phenoxy) is 2. The number of halogens is 1. The van der Waals surface area contributed by atoms with Gasteiger partial charge in [0.25, 0.3) is 5.91 Å². The van der Waals surface area contributed by atoms with Crippen LogP contribution in [-0.4, -0.2) is 48.2 Å². The van der Waals surface area contributed by atoms with Gasteiger partial charge in [-0.25, -0.2) is 4.39 Å². The molecule has 0 radical (unpaired) electrons. The van der Waals surface area contributed by atoms with E-state index in [4.69, 9.17) is 20.3 Å². The smallest absolute Gasteiger partial charge is 0.303 e. The van der Waals surface area contributed by atoms with E-state index >= 15 is 0 Å². The highest BCUT2D eigenvalue weighted by molar-refractivity contribution is 6.30. The summed E-state index contributed by atoms with van der Waals surface area (Å²) in [5.41, 5.74) is 5.19. The van der Waals surface area contributed by atoms with Crippen molar-refractivity contribution in [2.75, 3.05) is 7.11 Å². The molecular weight excluding hydrogens is 406 g/mol. The van der Waals surface area contributed by atoms with Crippen LogP contribution in [0.5, 0.6) is 11.5 Å². The van der Waals surface area contributed by atoms with E-state index in [1.165, 1.54) is 38.1 Å². The highest BCUT2D eigenvalue weighted by atomic mass is 19.1. The van der Waals surface area contributed by atoms with Crippen LogP contribution in [0.25, 0.3) is 0 Å². The number of rotatable bonds is 9. The first-order chi connectivity index (χ1) is 14.7. The van der Waals surface area contributed by atoms with Crippen LogP contribution < -0.4 is 15.2 Å². The van der Waals surface area contributed by atoms with Gasteiger partial charge < -0.3 is 25.2 Å². The predicted octanol–water partition coefficient (Wildman–Crippen LogP) is 1.05. The number of carboxylic acid groups (broad SMARTS) is 1. The average molecular weight is 428 g/mol. The summed E-state index contributed by atoms with van der Waals surface area (Å²) < 4.78 is 25.0. The normalized spacial score (nSPS) is 14.6. The van der Waals surface area contributed by atoms with E-state index in [1.807, 2.05) is 0 Å². The van der Waals surface area contributed by atoms with Crippen LogP contribution in [0.1, 0.15) is 34.3 Å². The van der Waals surface area contributed by atoms with Crippen LogP contribution >= 0.6 is 0 Å². The van der Waals surface area contributed by atoms with Gasteiger partial charge in [-0.1, -0.05) is 6.07 Å². The number of methoxy groups -OCH3 is 1. The molecule has 0 bridgehead atoms. The number of fused-ring (bicyclic) bond motifs is 1. The van der Waals surface area contributed by atoms with Gasteiger partial charge in [0.2, 0.25) is 5.91 Å². The Balaban J connectivity index is 1.86. The van der Waals surface area contributed by atoms with Gasteiger partial charge in [-0.3, -0.25) is 14.4 Å². The lowest BCUT2D eigenvalue weighted by molar-refractivity contribution is -0.137. The van der Waals surface area contributed by atoms with E-state index in [2.05, 4.69) is 0 Å². The third-order valence-corrected chi connectivity index (χ3v) is 5.51. The molecule has 0 aliphatic carbocycles. The van der Waals surface area contributed by atoms with Gasteiger partial charge in [0.15, 0.2) is 0 Å². The number of carbonyl (C=O) groups is 3. The Kier molecular flexibility index (Phi) is 6.19. The lowest BCUT2D eigenvalue weighted by atomic mass is 9.72. The molecule has 31 heavy (non-hydrogen) atoms. The topological polar surface area (TPSA) is 119 Å². The minimum atomic E-state index is -1.48. The second-order valence-electron chi connectivity index (χ2n) is 7.45. The fraction of sp³-hybridized carbons (Fsp3) is 0.286. The molecule has 2 amide bonds. The number of nitrogens with two attached hydrogens (primary N) is 1. The first kappa shape index (κ1) is 22.1. The van der Waals surface area contributed by atoms with E-state index in [1.54, 1.807) is 18.2 Å². The Hall–Kier alpha value is -3.56. The van der Waals surface area contributed by atoms with Crippen molar-refractivity contribution in [1.29, 1.82) is 0 Å². The quantitative estimate of drug-likeness (QED) is 0.577. The number of amides is 2. The molecule has 1 unspecified atom stereocenters. The van der Waals surface area contributed by atoms with Crippen LogP contribution in [0.15, 0.2) is 36.4 Å². The Labute approximate surface area is 179 Å². The van der Waals surface area contributed by atoms with Crippen molar-refractivity contribution in [3.8, 4) is 11.5 Å². The molecule has 162 valence electrons. The van der Waals surface area contributed by atoms with Crippen LogP contribution in [0.3, 0.4) is 0 Å². The summed E-state index contributed by atoms with van der Waals surface area (Å²) in [5, 5.41) is 9.01. The van der Waals surface area contributed by atoms with Crippen molar-refractivity contribution in [1.82, 2.24) is 4.90 Å². The number of carboxylic acids is 1. The Morgan fingerprint density at radius 3 is 2.71 bits per heavy atom. The number of hydrogen-bond donors (Lipinski definition) is 2. The van der Waals surface area contributed by atoms with Crippen LogP contribution in [0, 0.1) is 5.82 Å². The van der Waals surface area contributed by atoms with Crippen LogP contribution in [0.2, 0.25) is 0 Å². The van der Waals surface area contributed by atoms with Gasteiger partial charge in [0, 0.05) is 23.1 Å². The first-order valence-electron chi connectivity index (χ1n) is 9.58. The number of carbonyl (C=O) groups excluding carboxylic acids is 2. The highest BCUT2D eigenvalue weighted by Crippen LogP contribution is 2.36. The molecule has 0 spiro atoms. The molecule has 0 fully saturated rings. The number of primary amides is 1. The van der Waals surface area contributed by atoms with Crippen molar-refractivity contribution < 1.29 is 33.4 Å². The number of hydrogen-bond acceptors (Lipinski definition) is 5. The number of aliphatic carboxylic acids is 1. The van der Waals surface area contributed by atoms with E-state index in [0.717, 1.165) is 0 Å². The van der Waals surface area contributed by atoms with E-state index in [-0.39, 0.29) is 31.6 Å². The van der Waals surface area contributed by atoms with Crippen molar-refractivity contribution in [2.24, 2.45) is 5.73 Å². The molecule has 1 heterocycles. The molecule has 1 aliphatic heterocycles. The maximum atomic E-state index is 14.1. The lowest BCUT2D eigenvalue weighted by Crippen LogP contribution is -2.58. The van der Waals surface area contributed by atoms with Crippen molar-refractivity contribution >= 4 is 25.6 Å². The summed E-state index contributed by atoms with van der Waals surface area (Å²) in [6, 6.07) is 9.15. The maximum Gasteiger partial charge on any atom is 0.303 e. The standard InChI is InChI=1S/C21H22BFN2O6/c1-30-13-5-6-16(23)12(9-13)11-31-17-4-2-3-14-15(17)10-25(19(14)28)21(22,20(24)29)8-7-18(26)27/h2-6,9H,7-8,10-11,22H2,1H3,(H2,24,29)(H,26,27). The van der Waals surface area contributed by atoms with Crippen molar-refractivity contribution in [2.45, 2.75) is 31.4 Å². The predicted molar refractivity (Wildman–Crippen MR) is 111 cm³/mol. The monoisotopic (exact) mass is 428 g/mol. The fourth-order valence-electron chi connectivity index (χ4n) is 3.52. The highest BCUT2D eigenvalue weighted by Gasteiger charge is 2.45. The van der Waals surface area contributed by atoms with Gasteiger partial charge in [0.1, 0.15) is 31.8 Å².